The smallest absolute Gasteiger partial charge is 0.267 e. The van der Waals surface area contributed by atoms with Crippen LogP contribution in [0, 0.1) is 20.4 Å². The molecule has 0 aliphatic rings. The Morgan fingerprint density at radius 2 is 2.00 bits per heavy atom. The van der Waals surface area contributed by atoms with E-state index < -0.39 is 11.5 Å². The average Bonchev–Trinajstić information content (AvgIpc) is 2.50. The molecule has 2 aromatic heterocycles. The molecule has 0 bridgehead atoms. The van der Waals surface area contributed by atoms with E-state index in [1.54, 1.807) is 19.9 Å². The van der Waals surface area contributed by atoms with Crippen molar-refractivity contribution in [1.82, 2.24) is 14.8 Å². The van der Waals surface area contributed by atoms with E-state index in [4.69, 9.17) is 6.57 Å². The predicted molar refractivity (Wildman–Crippen MR) is 86.9 cm³/mol. The quantitative estimate of drug-likeness (QED) is 0.799. The lowest BCUT2D eigenvalue weighted by Gasteiger charge is -2.17. The SMILES string of the molecule is [C-]#[N+]c1cc(C)c(-n2nc(CCC)c(C(C)(F)F)cc2=O)nc1C. The van der Waals surface area contributed by atoms with Crippen LogP contribution in [0.1, 0.15) is 42.8 Å². The summed E-state index contributed by atoms with van der Waals surface area (Å²) in [5, 5.41) is 4.14. The molecular weight excluding hydrogens is 314 g/mol. The minimum absolute atomic E-state index is 0.178. The second kappa shape index (κ2) is 6.48. The number of hydrogen-bond acceptors (Lipinski definition) is 3. The maximum absolute atomic E-state index is 13.8. The Labute approximate surface area is 138 Å². The summed E-state index contributed by atoms with van der Waals surface area (Å²) in [5.41, 5.74) is 0.586. The van der Waals surface area contributed by atoms with Gasteiger partial charge in [-0.3, -0.25) is 4.79 Å². The molecule has 0 aromatic carbocycles. The zero-order chi connectivity index (χ0) is 18.1. The van der Waals surface area contributed by atoms with Gasteiger partial charge in [0.25, 0.3) is 11.5 Å². The molecule has 126 valence electrons. The number of nitrogens with zero attached hydrogens (tertiary/aromatic N) is 4. The van der Waals surface area contributed by atoms with Crippen molar-refractivity contribution in [2.75, 3.05) is 0 Å². The van der Waals surface area contributed by atoms with E-state index in [0.717, 1.165) is 17.7 Å². The summed E-state index contributed by atoms with van der Waals surface area (Å²) in [6, 6.07) is 2.54. The summed E-state index contributed by atoms with van der Waals surface area (Å²) in [6.45, 7) is 13.1. The highest BCUT2D eigenvalue weighted by Gasteiger charge is 2.30. The monoisotopic (exact) mass is 332 g/mol. The molecule has 0 amide bonds. The molecule has 0 saturated heterocycles. The van der Waals surface area contributed by atoms with Crippen LogP contribution in [0.3, 0.4) is 0 Å². The minimum atomic E-state index is -3.14. The average molecular weight is 332 g/mol. The maximum atomic E-state index is 13.8. The van der Waals surface area contributed by atoms with Crippen molar-refractivity contribution in [2.24, 2.45) is 0 Å². The topological polar surface area (TPSA) is 52.1 Å². The van der Waals surface area contributed by atoms with E-state index in [2.05, 4.69) is 14.9 Å². The molecular formula is C17H18F2N4O. The van der Waals surface area contributed by atoms with Gasteiger partial charge in [-0.1, -0.05) is 13.3 Å². The third kappa shape index (κ3) is 3.32. The maximum Gasteiger partial charge on any atom is 0.273 e. The van der Waals surface area contributed by atoms with Crippen LogP contribution in [-0.4, -0.2) is 14.8 Å². The molecule has 0 spiro atoms. The van der Waals surface area contributed by atoms with Crippen molar-refractivity contribution < 1.29 is 8.78 Å². The molecule has 2 aromatic rings. The molecule has 0 fully saturated rings. The highest BCUT2D eigenvalue weighted by Crippen LogP contribution is 2.29. The van der Waals surface area contributed by atoms with Crippen LogP contribution in [0.5, 0.6) is 0 Å². The molecule has 0 saturated carbocycles. The molecule has 5 nitrogen and oxygen atoms in total. The van der Waals surface area contributed by atoms with Gasteiger partial charge in [0.15, 0.2) is 5.82 Å². The van der Waals surface area contributed by atoms with Crippen molar-refractivity contribution >= 4 is 5.69 Å². The molecule has 7 heteroatoms. The number of aryl methyl sites for hydroxylation is 3. The van der Waals surface area contributed by atoms with Gasteiger partial charge in [-0.15, -0.1) is 0 Å². The van der Waals surface area contributed by atoms with Crippen LogP contribution >= 0.6 is 0 Å². The zero-order valence-corrected chi connectivity index (χ0v) is 14.0. The van der Waals surface area contributed by atoms with Crippen molar-refractivity contribution in [3.63, 3.8) is 0 Å². The molecule has 24 heavy (non-hydrogen) atoms. The van der Waals surface area contributed by atoms with Crippen LogP contribution in [0.25, 0.3) is 10.7 Å². The molecule has 0 aliphatic carbocycles. The first kappa shape index (κ1) is 17.7. The number of hydrogen-bond donors (Lipinski definition) is 0. The first-order chi connectivity index (χ1) is 11.2. The van der Waals surface area contributed by atoms with Gasteiger partial charge < -0.3 is 0 Å². The van der Waals surface area contributed by atoms with Gasteiger partial charge in [-0.25, -0.2) is 18.6 Å². The standard InChI is InChI=1S/C17H18F2N4O/c1-6-7-13-12(17(4,18)19)9-15(24)23(22-13)16-10(2)8-14(20-5)11(3)21-16/h8-9H,6-7H2,1-4H3. The van der Waals surface area contributed by atoms with Crippen LogP contribution in [-0.2, 0) is 12.3 Å². The first-order valence-electron chi connectivity index (χ1n) is 7.56. The molecule has 0 atom stereocenters. The molecule has 2 rings (SSSR count). The van der Waals surface area contributed by atoms with Gasteiger partial charge in [0.1, 0.15) is 0 Å². The molecule has 2 heterocycles. The van der Waals surface area contributed by atoms with Gasteiger partial charge in [-0.2, -0.15) is 9.78 Å². The normalized spacial score (nSPS) is 11.4. The Morgan fingerprint density at radius 3 is 2.54 bits per heavy atom. The number of pyridine rings is 1. The summed E-state index contributed by atoms with van der Waals surface area (Å²) >= 11 is 0. The Hall–Kier alpha value is -2.62. The summed E-state index contributed by atoms with van der Waals surface area (Å²) in [5.74, 6) is -2.88. The fraction of sp³-hybridized carbons (Fsp3) is 0.412. The van der Waals surface area contributed by atoms with Gasteiger partial charge >= 0.3 is 0 Å². The van der Waals surface area contributed by atoms with Gasteiger partial charge in [0.05, 0.1) is 12.3 Å². The van der Waals surface area contributed by atoms with E-state index in [9.17, 15) is 13.6 Å². The Kier molecular flexibility index (Phi) is 4.78. The van der Waals surface area contributed by atoms with Crippen LogP contribution < -0.4 is 5.56 Å². The number of aromatic nitrogens is 3. The van der Waals surface area contributed by atoms with Crippen molar-refractivity contribution in [2.45, 2.75) is 46.5 Å². The lowest BCUT2D eigenvalue weighted by Crippen LogP contribution is -2.28. The van der Waals surface area contributed by atoms with Crippen molar-refractivity contribution in [3.05, 3.63) is 56.4 Å². The Balaban J connectivity index is 2.73. The van der Waals surface area contributed by atoms with Crippen molar-refractivity contribution in [1.29, 1.82) is 0 Å². The first-order valence-corrected chi connectivity index (χ1v) is 7.56. The Morgan fingerprint density at radius 1 is 1.33 bits per heavy atom. The van der Waals surface area contributed by atoms with Crippen LogP contribution in [0.15, 0.2) is 16.9 Å². The van der Waals surface area contributed by atoms with Crippen molar-refractivity contribution in [3.8, 4) is 5.82 Å². The summed E-state index contributed by atoms with van der Waals surface area (Å²) in [6.07, 6.45) is 0.952. The highest BCUT2D eigenvalue weighted by molar-refractivity contribution is 5.54. The third-order valence-electron chi connectivity index (χ3n) is 3.64. The van der Waals surface area contributed by atoms with E-state index in [1.165, 1.54) is 0 Å². The summed E-state index contributed by atoms with van der Waals surface area (Å²) in [7, 11) is 0. The molecule has 0 N–H and O–H groups in total. The number of rotatable bonds is 4. The fourth-order valence-electron chi connectivity index (χ4n) is 2.45. The summed E-state index contributed by atoms with van der Waals surface area (Å²) < 4.78 is 28.6. The van der Waals surface area contributed by atoms with Gasteiger partial charge in [-0.05, 0) is 31.9 Å². The third-order valence-corrected chi connectivity index (χ3v) is 3.64. The molecule has 0 unspecified atom stereocenters. The zero-order valence-electron chi connectivity index (χ0n) is 14.0. The largest absolute Gasteiger partial charge is 0.273 e. The second-order valence-electron chi connectivity index (χ2n) is 5.74. The second-order valence-corrected chi connectivity index (χ2v) is 5.74. The number of halogens is 2. The van der Waals surface area contributed by atoms with Crippen LogP contribution in [0.2, 0.25) is 0 Å². The lowest BCUT2D eigenvalue weighted by atomic mass is 10.1. The van der Waals surface area contributed by atoms with E-state index in [-0.39, 0.29) is 17.1 Å². The fourth-order valence-corrected chi connectivity index (χ4v) is 2.45. The van der Waals surface area contributed by atoms with E-state index >= 15 is 0 Å². The summed E-state index contributed by atoms with van der Waals surface area (Å²) in [4.78, 5) is 20.0. The lowest BCUT2D eigenvalue weighted by molar-refractivity contribution is 0.0156. The molecule has 0 aliphatic heterocycles. The Bertz CT molecular complexity index is 876. The van der Waals surface area contributed by atoms with E-state index in [1.807, 2.05) is 6.92 Å². The van der Waals surface area contributed by atoms with E-state index in [0.29, 0.717) is 29.8 Å². The highest BCUT2D eigenvalue weighted by atomic mass is 19.3. The van der Waals surface area contributed by atoms with Gasteiger partial charge in [0.2, 0.25) is 5.69 Å². The van der Waals surface area contributed by atoms with Gasteiger partial charge in [0, 0.05) is 24.2 Å². The molecule has 0 radical (unpaired) electrons. The van der Waals surface area contributed by atoms with Crippen LogP contribution in [0.4, 0.5) is 14.5 Å². The minimum Gasteiger partial charge on any atom is -0.267 e. The number of alkyl halides is 2. The predicted octanol–water partition coefficient (Wildman–Crippen LogP) is 3.86.